The zero-order valence-electron chi connectivity index (χ0n) is 10.6. The van der Waals surface area contributed by atoms with Crippen molar-refractivity contribution in [3.05, 3.63) is 22.4 Å². The van der Waals surface area contributed by atoms with Gasteiger partial charge in [0.05, 0.1) is 12.1 Å². The molecule has 2 N–H and O–H groups in total. The number of hydrogen-bond acceptors (Lipinski definition) is 4. The highest BCUT2D eigenvalue weighted by Gasteiger charge is 2.24. The van der Waals surface area contributed by atoms with Crippen molar-refractivity contribution in [1.29, 1.82) is 5.26 Å². The van der Waals surface area contributed by atoms with E-state index in [-0.39, 0.29) is 12.1 Å². The summed E-state index contributed by atoms with van der Waals surface area (Å²) >= 11 is 1.70. The van der Waals surface area contributed by atoms with Gasteiger partial charge in [-0.3, -0.25) is 4.90 Å². The summed E-state index contributed by atoms with van der Waals surface area (Å²) in [4.78, 5) is 2.31. The van der Waals surface area contributed by atoms with Crippen molar-refractivity contribution in [2.24, 2.45) is 5.73 Å². The van der Waals surface area contributed by atoms with E-state index in [9.17, 15) is 0 Å². The van der Waals surface area contributed by atoms with Gasteiger partial charge in [0.15, 0.2) is 0 Å². The van der Waals surface area contributed by atoms with Crippen molar-refractivity contribution in [3.8, 4) is 6.07 Å². The molecule has 0 radical (unpaired) electrons. The summed E-state index contributed by atoms with van der Waals surface area (Å²) in [5.41, 5.74) is 7.52. The molecule has 0 aliphatic rings. The molecule has 94 valence electrons. The Labute approximate surface area is 108 Å². The maximum atomic E-state index is 8.71. The smallest absolute Gasteiger partial charge is 0.0635 e. The lowest BCUT2D eigenvalue weighted by molar-refractivity contribution is 0.182. The fourth-order valence-corrected chi connectivity index (χ4v) is 2.77. The fourth-order valence-electron chi connectivity index (χ4n) is 2.08. The molecule has 1 rings (SSSR count). The van der Waals surface area contributed by atoms with Crippen LogP contribution < -0.4 is 5.73 Å². The highest BCUT2D eigenvalue weighted by atomic mass is 32.1. The largest absolute Gasteiger partial charge is 0.326 e. The molecular weight excluding hydrogens is 230 g/mol. The predicted molar refractivity (Wildman–Crippen MR) is 72.8 cm³/mol. The first-order chi connectivity index (χ1) is 8.24. The molecule has 2 unspecified atom stereocenters. The van der Waals surface area contributed by atoms with Gasteiger partial charge in [0.2, 0.25) is 0 Å². The summed E-state index contributed by atoms with van der Waals surface area (Å²) in [6.45, 7) is 5.96. The molecule has 4 heteroatoms. The molecule has 1 heterocycles. The van der Waals surface area contributed by atoms with E-state index in [1.807, 2.05) is 0 Å². The number of thiophene rings is 1. The number of nitrogens with two attached hydrogens (primary N) is 1. The molecule has 0 aliphatic carbocycles. The summed E-state index contributed by atoms with van der Waals surface area (Å²) in [7, 11) is 0. The number of hydrogen-bond donors (Lipinski definition) is 1. The van der Waals surface area contributed by atoms with Gasteiger partial charge < -0.3 is 5.73 Å². The predicted octanol–water partition coefficient (Wildman–Crippen LogP) is 2.76. The quantitative estimate of drug-likeness (QED) is 0.810. The molecule has 0 spiro atoms. The number of likely N-dealkylation sites (N-methyl/N-ethyl adjacent to an activating group) is 1. The minimum Gasteiger partial charge on any atom is -0.326 e. The van der Waals surface area contributed by atoms with E-state index in [4.69, 9.17) is 11.0 Å². The summed E-state index contributed by atoms with van der Waals surface area (Å²) in [5, 5.41) is 13.0. The second-order valence-corrected chi connectivity index (χ2v) is 4.89. The van der Waals surface area contributed by atoms with Crippen molar-refractivity contribution >= 4 is 11.3 Å². The zero-order valence-corrected chi connectivity index (χ0v) is 11.4. The van der Waals surface area contributed by atoms with E-state index in [1.54, 1.807) is 11.3 Å². The Bertz CT molecular complexity index is 342. The topological polar surface area (TPSA) is 53.0 Å². The van der Waals surface area contributed by atoms with E-state index in [0.717, 1.165) is 19.5 Å². The number of rotatable bonds is 7. The van der Waals surface area contributed by atoms with Crippen LogP contribution >= 0.6 is 11.3 Å². The highest BCUT2D eigenvalue weighted by Crippen LogP contribution is 2.26. The maximum Gasteiger partial charge on any atom is 0.0635 e. The van der Waals surface area contributed by atoms with E-state index in [1.165, 1.54) is 5.56 Å². The van der Waals surface area contributed by atoms with Crippen molar-refractivity contribution < 1.29 is 0 Å². The van der Waals surface area contributed by atoms with Crippen LogP contribution in [0.3, 0.4) is 0 Å². The van der Waals surface area contributed by atoms with Crippen molar-refractivity contribution in [2.45, 2.75) is 38.8 Å². The van der Waals surface area contributed by atoms with Crippen molar-refractivity contribution in [3.63, 3.8) is 0 Å². The van der Waals surface area contributed by atoms with Gasteiger partial charge in [0, 0.05) is 19.0 Å². The summed E-state index contributed by atoms with van der Waals surface area (Å²) in [6, 6.07) is 4.72. The summed E-state index contributed by atoms with van der Waals surface area (Å²) in [5.74, 6) is 0. The molecule has 2 atom stereocenters. The Morgan fingerprint density at radius 1 is 1.53 bits per heavy atom. The Hall–Kier alpha value is -0.890. The van der Waals surface area contributed by atoms with Crippen LogP contribution in [0.1, 0.15) is 38.3 Å². The summed E-state index contributed by atoms with van der Waals surface area (Å²) < 4.78 is 0. The van der Waals surface area contributed by atoms with Crippen LogP contribution in [0.25, 0.3) is 0 Å². The molecule has 0 saturated carbocycles. The minimum atomic E-state index is 0.128. The van der Waals surface area contributed by atoms with Gasteiger partial charge >= 0.3 is 0 Å². The van der Waals surface area contributed by atoms with Crippen molar-refractivity contribution in [1.82, 2.24) is 4.90 Å². The molecule has 1 aromatic heterocycles. The molecule has 0 bridgehead atoms. The first-order valence-corrected chi connectivity index (χ1v) is 7.07. The lowest BCUT2D eigenvalue weighted by atomic mass is 9.98. The minimum absolute atomic E-state index is 0.128. The normalized spacial score (nSPS) is 14.5. The number of nitrogens with zero attached hydrogens (tertiary/aromatic N) is 2. The van der Waals surface area contributed by atoms with Gasteiger partial charge in [-0.15, -0.1) is 0 Å². The van der Waals surface area contributed by atoms with Gasteiger partial charge in [-0.1, -0.05) is 13.8 Å². The third kappa shape index (κ3) is 3.81. The fraction of sp³-hybridized carbons (Fsp3) is 0.615. The van der Waals surface area contributed by atoms with Crippen LogP contribution in [0.15, 0.2) is 16.8 Å². The molecule has 0 aromatic carbocycles. The third-order valence-electron chi connectivity index (χ3n) is 3.07. The number of nitriles is 1. The molecule has 1 aromatic rings. The second-order valence-electron chi connectivity index (χ2n) is 4.11. The van der Waals surface area contributed by atoms with Crippen LogP contribution in [-0.2, 0) is 0 Å². The van der Waals surface area contributed by atoms with Crippen LogP contribution in [-0.4, -0.2) is 24.0 Å². The van der Waals surface area contributed by atoms with Gasteiger partial charge in [-0.25, -0.2) is 0 Å². The zero-order chi connectivity index (χ0) is 12.7. The van der Waals surface area contributed by atoms with Gasteiger partial charge in [-0.2, -0.15) is 16.6 Å². The van der Waals surface area contributed by atoms with Gasteiger partial charge in [0.25, 0.3) is 0 Å². The molecule has 0 aliphatic heterocycles. The lowest BCUT2D eigenvalue weighted by Crippen LogP contribution is -2.41. The van der Waals surface area contributed by atoms with Crippen molar-refractivity contribution in [2.75, 3.05) is 13.1 Å². The second kappa shape index (κ2) is 7.44. The van der Waals surface area contributed by atoms with E-state index >= 15 is 0 Å². The SMILES string of the molecule is CCC(N)C(c1ccsc1)N(CC)CCC#N. The first-order valence-electron chi connectivity index (χ1n) is 6.13. The molecule has 0 saturated heterocycles. The highest BCUT2D eigenvalue weighted by molar-refractivity contribution is 7.07. The Kier molecular flexibility index (Phi) is 6.20. The van der Waals surface area contributed by atoms with Gasteiger partial charge in [-0.05, 0) is 35.4 Å². The van der Waals surface area contributed by atoms with E-state index in [2.05, 4.69) is 41.6 Å². The van der Waals surface area contributed by atoms with Crippen LogP contribution in [0.5, 0.6) is 0 Å². The molecule has 17 heavy (non-hydrogen) atoms. The average Bonchev–Trinajstić information content (AvgIpc) is 2.87. The Morgan fingerprint density at radius 3 is 2.76 bits per heavy atom. The van der Waals surface area contributed by atoms with E-state index < -0.39 is 0 Å². The van der Waals surface area contributed by atoms with Crippen LogP contribution in [0.2, 0.25) is 0 Å². The summed E-state index contributed by atoms with van der Waals surface area (Å²) in [6.07, 6.45) is 1.51. The standard InChI is InChI=1S/C13H21N3S/c1-3-12(15)13(11-6-9-17-10-11)16(4-2)8-5-7-14/h6,9-10,12-13H,3-5,8,15H2,1-2H3. The monoisotopic (exact) mass is 251 g/mol. The van der Waals surface area contributed by atoms with Crippen LogP contribution in [0.4, 0.5) is 0 Å². The van der Waals surface area contributed by atoms with Gasteiger partial charge in [0.1, 0.15) is 0 Å². The lowest BCUT2D eigenvalue weighted by Gasteiger charge is -2.33. The first kappa shape index (κ1) is 14.2. The third-order valence-corrected chi connectivity index (χ3v) is 3.77. The molecule has 3 nitrogen and oxygen atoms in total. The average molecular weight is 251 g/mol. The Morgan fingerprint density at radius 2 is 2.29 bits per heavy atom. The van der Waals surface area contributed by atoms with Crippen LogP contribution in [0, 0.1) is 11.3 Å². The maximum absolute atomic E-state index is 8.71. The molecule has 0 amide bonds. The molecular formula is C13H21N3S. The van der Waals surface area contributed by atoms with E-state index in [0.29, 0.717) is 6.42 Å². The Balaban J connectivity index is 2.85. The molecule has 0 fully saturated rings.